The van der Waals surface area contributed by atoms with Crippen molar-refractivity contribution >= 4 is 28.4 Å². The van der Waals surface area contributed by atoms with Crippen molar-refractivity contribution in [3.05, 3.63) is 28.9 Å². The van der Waals surface area contributed by atoms with Crippen LogP contribution in [-0.2, 0) is 10.3 Å². The molecule has 1 aromatic heterocycles. The van der Waals surface area contributed by atoms with Gasteiger partial charge in [-0.3, -0.25) is 9.48 Å². The fourth-order valence-corrected chi connectivity index (χ4v) is 4.80. The monoisotopic (exact) mass is 401 g/mol. The molecule has 3 heterocycles. The van der Waals surface area contributed by atoms with E-state index in [-0.39, 0.29) is 19.0 Å². The van der Waals surface area contributed by atoms with Crippen LogP contribution in [0.2, 0.25) is 5.02 Å². The van der Waals surface area contributed by atoms with Crippen LogP contribution in [0.5, 0.6) is 0 Å². The average molecular weight is 402 g/mol. The van der Waals surface area contributed by atoms with Gasteiger partial charge in [-0.25, -0.2) is 0 Å². The van der Waals surface area contributed by atoms with Crippen LogP contribution in [-0.4, -0.2) is 45.0 Å². The maximum atomic E-state index is 12.5. The molecule has 0 radical (unpaired) electrons. The fraction of sp³-hybridized carbons (Fsp3) is 0.556. The standard InChI is InChI=1S/C18H19ClF3N3O2/c1-17(11-2-4-24(5-3-11)14(26)8-18(20,21)22)16(27)13-7-12(19)6-10-9-23-25(17)15(10)13/h6-7,9,11,16,27H,2-5,8H2,1H3/t16-,17?/m1/s1. The van der Waals surface area contributed by atoms with Gasteiger partial charge in [0, 0.05) is 29.1 Å². The number of aliphatic hydroxyl groups is 1. The fourth-order valence-electron chi connectivity index (χ4n) is 4.56. The summed E-state index contributed by atoms with van der Waals surface area (Å²) in [6, 6.07) is 3.53. The molecule has 5 nitrogen and oxygen atoms in total. The van der Waals surface area contributed by atoms with Gasteiger partial charge in [0.25, 0.3) is 0 Å². The lowest BCUT2D eigenvalue weighted by atomic mass is 9.75. The van der Waals surface area contributed by atoms with Gasteiger partial charge < -0.3 is 10.0 Å². The van der Waals surface area contributed by atoms with Crippen molar-refractivity contribution in [3.8, 4) is 0 Å². The van der Waals surface area contributed by atoms with Crippen molar-refractivity contribution < 1.29 is 23.1 Å². The van der Waals surface area contributed by atoms with E-state index in [0.29, 0.717) is 23.4 Å². The molecule has 2 aliphatic rings. The third-order valence-corrected chi connectivity index (χ3v) is 6.21. The largest absolute Gasteiger partial charge is 0.397 e. The first kappa shape index (κ1) is 18.6. The molecule has 4 rings (SSSR count). The van der Waals surface area contributed by atoms with Crippen LogP contribution in [0, 0.1) is 5.92 Å². The Hall–Kier alpha value is -1.80. The van der Waals surface area contributed by atoms with Crippen molar-refractivity contribution in [2.24, 2.45) is 5.92 Å². The summed E-state index contributed by atoms with van der Waals surface area (Å²) >= 11 is 6.15. The molecule has 146 valence electrons. The average Bonchev–Trinajstić information content (AvgIpc) is 3.10. The summed E-state index contributed by atoms with van der Waals surface area (Å²) in [5.41, 5.74) is 0.826. The molecule has 0 spiro atoms. The summed E-state index contributed by atoms with van der Waals surface area (Å²) in [6.07, 6.45) is -4.04. The Morgan fingerprint density at radius 1 is 1.37 bits per heavy atom. The highest BCUT2D eigenvalue weighted by Crippen LogP contribution is 2.51. The van der Waals surface area contributed by atoms with Crippen LogP contribution in [0.3, 0.4) is 0 Å². The van der Waals surface area contributed by atoms with Gasteiger partial charge in [0.15, 0.2) is 0 Å². The lowest BCUT2D eigenvalue weighted by molar-refractivity contribution is -0.163. The van der Waals surface area contributed by atoms with Gasteiger partial charge in [0.1, 0.15) is 12.5 Å². The zero-order valence-corrected chi connectivity index (χ0v) is 15.4. The van der Waals surface area contributed by atoms with Gasteiger partial charge in [-0.05, 0) is 37.8 Å². The number of alkyl halides is 3. The highest BCUT2D eigenvalue weighted by molar-refractivity contribution is 6.31. The molecule has 0 bridgehead atoms. The topological polar surface area (TPSA) is 58.4 Å². The number of amides is 1. The number of benzene rings is 1. The molecule has 1 N–H and O–H groups in total. The van der Waals surface area contributed by atoms with Gasteiger partial charge >= 0.3 is 6.18 Å². The molecule has 2 aliphatic heterocycles. The predicted molar refractivity (Wildman–Crippen MR) is 93.3 cm³/mol. The minimum absolute atomic E-state index is 0.0308. The number of aliphatic hydroxyl groups excluding tert-OH is 1. The second-order valence-corrected chi connectivity index (χ2v) is 8.00. The Bertz CT molecular complexity index is 905. The van der Waals surface area contributed by atoms with Gasteiger partial charge in [0.05, 0.1) is 17.3 Å². The number of aromatic nitrogens is 2. The molecule has 9 heteroatoms. The molecular weight excluding hydrogens is 383 g/mol. The molecule has 1 aromatic carbocycles. The molecule has 1 saturated heterocycles. The molecule has 27 heavy (non-hydrogen) atoms. The number of nitrogens with zero attached hydrogens (tertiary/aromatic N) is 3. The Balaban J connectivity index is 1.56. The zero-order chi connectivity index (χ0) is 19.6. The Morgan fingerprint density at radius 2 is 2.04 bits per heavy atom. The smallest absolute Gasteiger partial charge is 0.386 e. The van der Waals surface area contributed by atoms with E-state index in [1.807, 2.05) is 11.6 Å². The van der Waals surface area contributed by atoms with Crippen LogP contribution in [0.1, 0.15) is 37.9 Å². The number of hydrogen-bond acceptors (Lipinski definition) is 3. The second kappa shape index (κ2) is 6.10. The lowest BCUT2D eigenvalue weighted by Gasteiger charge is -2.43. The lowest BCUT2D eigenvalue weighted by Crippen LogP contribution is -2.48. The van der Waals surface area contributed by atoms with Crippen LogP contribution in [0.4, 0.5) is 13.2 Å². The van der Waals surface area contributed by atoms with E-state index in [1.165, 1.54) is 4.90 Å². The summed E-state index contributed by atoms with van der Waals surface area (Å²) in [7, 11) is 0. The van der Waals surface area contributed by atoms with Gasteiger partial charge in [0.2, 0.25) is 5.91 Å². The summed E-state index contributed by atoms with van der Waals surface area (Å²) in [5.74, 6) is -0.925. The highest BCUT2D eigenvalue weighted by atomic mass is 35.5. The number of likely N-dealkylation sites (tertiary alicyclic amines) is 1. The minimum atomic E-state index is -4.50. The van der Waals surface area contributed by atoms with E-state index in [9.17, 15) is 23.1 Å². The second-order valence-electron chi connectivity index (χ2n) is 7.56. The van der Waals surface area contributed by atoms with E-state index in [0.717, 1.165) is 10.9 Å². The van der Waals surface area contributed by atoms with E-state index in [4.69, 9.17) is 11.6 Å². The van der Waals surface area contributed by atoms with Crippen molar-refractivity contribution in [3.63, 3.8) is 0 Å². The first-order valence-corrected chi connectivity index (χ1v) is 9.19. The van der Waals surface area contributed by atoms with E-state index < -0.39 is 30.1 Å². The van der Waals surface area contributed by atoms with Crippen LogP contribution >= 0.6 is 11.6 Å². The molecule has 2 atom stereocenters. The Morgan fingerprint density at radius 3 is 2.67 bits per heavy atom. The number of piperidine rings is 1. The van der Waals surface area contributed by atoms with Crippen molar-refractivity contribution in [2.75, 3.05) is 13.1 Å². The maximum Gasteiger partial charge on any atom is 0.397 e. The first-order chi connectivity index (χ1) is 12.6. The first-order valence-electron chi connectivity index (χ1n) is 8.81. The molecule has 1 amide bonds. The van der Waals surface area contributed by atoms with Gasteiger partial charge in [-0.1, -0.05) is 11.6 Å². The number of carbonyl (C=O) groups is 1. The Labute approximate surface area is 158 Å². The van der Waals surface area contributed by atoms with Gasteiger partial charge in [-0.15, -0.1) is 0 Å². The number of carbonyl (C=O) groups excluding carboxylic acids is 1. The normalized spacial score (nSPS) is 26.1. The van der Waals surface area contributed by atoms with Crippen molar-refractivity contribution in [1.82, 2.24) is 14.7 Å². The SMILES string of the molecule is CC1(C2CCN(C(=O)CC(F)(F)F)CC2)[C@H](O)c2cc(Cl)cc3cnn1c23. The molecular formula is C18H19ClF3N3O2. The third-order valence-electron chi connectivity index (χ3n) is 5.99. The summed E-state index contributed by atoms with van der Waals surface area (Å²) in [5, 5.41) is 16.9. The zero-order valence-electron chi connectivity index (χ0n) is 14.6. The van der Waals surface area contributed by atoms with E-state index in [1.54, 1.807) is 18.3 Å². The molecule has 0 saturated carbocycles. The van der Waals surface area contributed by atoms with Crippen LogP contribution in [0.25, 0.3) is 10.9 Å². The summed E-state index contributed by atoms with van der Waals surface area (Å²) < 4.78 is 39.2. The van der Waals surface area contributed by atoms with Crippen molar-refractivity contribution in [2.45, 2.75) is 44.0 Å². The molecule has 1 fully saturated rings. The highest BCUT2D eigenvalue weighted by Gasteiger charge is 2.51. The predicted octanol–water partition coefficient (Wildman–Crippen LogP) is 3.64. The Kier molecular flexibility index (Phi) is 4.19. The van der Waals surface area contributed by atoms with Crippen molar-refractivity contribution in [1.29, 1.82) is 0 Å². The van der Waals surface area contributed by atoms with Crippen LogP contribution < -0.4 is 0 Å². The van der Waals surface area contributed by atoms with E-state index >= 15 is 0 Å². The summed E-state index contributed by atoms with van der Waals surface area (Å²) in [4.78, 5) is 13.1. The third kappa shape index (κ3) is 2.89. The molecule has 0 aliphatic carbocycles. The summed E-state index contributed by atoms with van der Waals surface area (Å²) in [6.45, 7) is 2.39. The van der Waals surface area contributed by atoms with Crippen LogP contribution in [0.15, 0.2) is 18.3 Å². The number of rotatable bonds is 2. The van der Waals surface area contributed by atoms with Gasteiger partial charge in [-0.2, -0.15) is 18.3 Å². The molecule has 1 unspecified atom stereocenters. The number of hydrogen-bond donors (Lipinski definition) is 1. The van der Waals surface area contributed by atoms with E-state index in [2.05, 4.69) is 5.10 Å². The maximum absolute atomic E-state index is 12.5. The quantitative estimate of drug-likeness (QED) is 0.835. The minimum Gasteiger partial charge on any atom is -0.386 e. The number of halogens is 4. The molecule has 2 aromatic rings.